The fourth-order valence-electron chi connectivity index (χ4n) is 3.59. The number of amides is 2. The lowest BCUT2D eigenvalue weighted by atomic mass is 10.0. The van der Waals surface area contributed by atoms with E-state index in [4.69, 9.17) is 23.2 Å². The molecule has 194 valence electrons. The zero-order chi connectivity index (χ0) is 26.3. The Morgan fingerprint density at radius 1 is 1.00 bits per heavy atom. The molecule has 0 bridgehead atoms. The molecular formula is C25H29Cl2N3O4S2. The molecule has 0 fully saturated rings. The summed E-state index contributed by atoms with van der Waals surface area (Å²) < 4.78 is 28.4. The first-order valence-electron chi connectivity index (χ1n) is 11.6. The standard InChI is InChI=1S/C25H29Cl2N3O4S2/c1-16(2)13-20(30-25(32)22-14-17-7-3-4-8-21(17)35-22)24(31)28-11-5-6-12-29-36(33,34)23-10-9-18(26)15-19(23)27/h3-4,7-10,14-16,20,29H,5-6,11-13H2,1-2H3,(H,28,31)(H,30,32)/t20-/m1/s1. The van der Waals surface area contributed by atoms with Crippen LogP contribution in [0, 0.1) is 5.92 Å². The molecule has 3 aromatic rings. The second-order valence-corrected chi connectivity index (χ2v) is 12.4. The Labute approximate surface area is 225 Å². The summed E-state index contributed by atoms with van der Waals surface area (Å²) in [5.74, 6) is -0.323. The highest BCUT2D eigenvalue weighted by molar-refractivity contribution is 7.89. The molecule has 0 saturated carbocycles. The first-order valence-corrected chi connectivity index (χ1v) is 14.6. The highest BCUT2D eigenvalue weighted by Crippen LogP contribution is 2.26. The number of hydrogen-bond donors (Lipinski definition) is 3. The zero-order valence-corrected chi connectivity index (χ0v) is 23.2. The molecule has 0 radical (unpaired) electrons. The molecule has 0 aliphatic heterocycles. The van der Waals surface area contributed by atoms with Crippen molar-refractivity contribution in [2.45, 2.75) is 44.0 Å². The third-order valence-electron chi connectivity index (χ3n) is 5.36. The Bertz CT molecular complexity index is 1290. The van der Waals surface area contributed by atoms with Crippen LogP contribution in [0.5, 0.6) is 0 Å². The SMILES string of the molecule is CC(C)C[C@@H](NC(=O)c1cc2ccccc2s1)C(=O)NCCCCNS(=O)(=O)c1ccc(Cl)cc1Cl. The Morgan fingerprint density at radius 3 is 2.42 bits per heavy atom. The van der Waals surface area contributed by atoms with Crippen LogP contribution in [0.2, 0.25) is 10.0 Å². The van der Waals surface area contributed by atoms with Gasteiger partial charge in [-0.3, -0.25) is 9.59 Å². The number of unbranched alkanes of at least 4 members (excludes halogenated alkanes) is 1. The van der Waals surface area contributed by atoms with Crippen molar-refractivity contribution in [3.05, 3.63) is 63.5 Å². The number of rotatable bonds is 12. The van der Waals surface area contributed by atoms with Crippen molar-refractivity contribution in [3.8, 4) is 0 Å². The van der Waals surface area contributed by atoms with Gasteiger partial charge in [0, 0.05) is 22.8 Å². The maximum Gasteiger partial charge on any atom is 0.262 e. The number of thiophene rings is 1. The van der Waals surface area contributed by atoms with Crippen LogP contribution in [0.15, 0.2) is 53.4 Å². The van der Waals surface area contributed by atoms with Gasteiger partial charge in [-0.05, 0) is 60.9 Å². The van der Waals surface area contributed by atoms with Gasteiger partial charge < -0.3 is 10.6 Å². The Balaban J connectivity index is 1.47. The number of carbonyl (C=O) groups is 2. The highest BCUT2D eigenvalue weighted by Gasteiger charge is 2.23. The summed E-state index contributed by atoms with van der Waals surface area (Å²) >= 11 is 13.2. The fourth-order valence-corrected chi connectivity index (χ4v) is 6.40. The summed E-state index contributed by atoms with van der Waals surface area (Å²) in [6.07, 6.45) is 1.57. The minimum Gasteiger partial charge on any atom is -0.354 e. The van der Waals surface area contributed by atoms with Gasteiger partial charge in [0.1, 0.15) is 10.9 Å². The molecule has 0 saturated heterocycles. The van der Waals surface area contributed by atoms with E-state index in [0.29, 0.717) is 35.7 Å². The van der Waals surface area contributed by atoms with Crippen molar-refractivity contribution in [2.75, 3.05) is 13.1 Å². The van der Waals surface area contributed by atoms with E-state index in [2.05, 4.69) is 15.4 Å². The van der Waals surface area contributed by atoms with E-state index >= 15 is 0 Å². The number of sulfonamides is 1. The van der Waals surface area contributed by atoms with Crippen LogP contribution in [0.4, 0.5) is 0 Å². The molecular weight excluding hydrogens is 541 g/mol. The van der Waals surface area contributed by atoms with Crippen molar-refractivity contribution in [1.29, 1.82) is 0 Å². The third kappa shape index (κ3) is 7.91. The minimum atomic E-state index is -3.76. The number of halogens is 2. The Kier molecular flexibility index (Phi) is 10.2. The average Bonchev–Trinajstić information content (AvgIpc) is 3.24. The molecule has 1 aromatic heterocycles. The predicted molar refractivity (Wildman–Crippen MR) is 146 cm³/mol. The molecule has 0 unspecified atom stereocenters. The van der Waals surface area contributed by atoms with Gasteiger partial charge in [-0.25, -0.2) is 13.1 Å². The van der Waals surface area contributed by atoms with E-state index < -0.39 is 16.1 Å². The van der Waals surface area contributed by atoms with Crippen LogP contribution in [0.3, 0.4) is 0 Å². The van der Waals surface area contributed by atoms with Gasteiger partial charge in [-0.15, -0.1) is 11.3 Å². The van der Waals surface area contributed by atoms with Crippen LogP contribution in [0.25, 0.3) is 10.1 Å². The predicted octanol–water partition coefficient (Wildman–Crippen LogP) is 5.23. The first-order chi connectivity index (χ1) is 17.1. The number of benzene rings is 2. The molecule has 1 atom stereocenters. The van der Waals surface area contributed by atoms with E-state index in [0.717, 1.165) is 10.1 Å². The number of nitrogens with one attached hydrogen (secondary N) is 3. The zero-order valence-electron chi connectivity index (χ0n) is 20.0. The summed E-state index contributed by atoms with van der Waals surface area (Å²) in [4.78, 5) is 26.1. The second-order valence-electron chi connectivity index (χ2n) is 8.77. The molecule has 2 amide bonds. The molecule has 1 heterocycles. The average molecular weight is 571 g/mol. The number of fused-ring (bicyclic) bond motifs is 1. The van der Waals surface area contributed by atoms with Crippen LogP contribution in [0.1, 0.15) is 42.8 Å². The molecule has 11 heteroatoms. The molecule has 3 rings (SSSR count). The maximum absolute atomic E-state index is 12.8. The first kappa shape index (κ1) is 28.4. The lowest BCUT2D eigenvalue weighted by molar-refractivity contribution is -0.123. The smallest absolute Gasteiger partial charge is 0.262 e. The van der Waals surface area contributed by atoms with Crippen molar-refractivity contribution < 1.29 is 18.0 Å². The maximum atomic E-state index is 12.8. The van der Waals surface area contributed by atoms with E-state index in [1.165, 1.54) is 29.5 Å². The molecule has 0 aliphatic rings. The van der Waals surface area contributed by atoms with Crippen LogP contribution < -0.4 is 15.4 Å². The summed E-state index contributed by atoms with van der Waals surface area (Å²) in [7, 11) is -3.76. The van der Waals surface area contributed by atoms with Crippen LogP contribution >= 0.6 is 34.5 Å². The van der Waals surface area contributed by atoms with Crippen molar-refractivity contribution in [2.24, 2.45) is 5.92 Å². The molecule has 7 nitrogen and oxygen atoms in total. The van der Waals surface area contributed by atoms with Gasteiger partial charge in [-0.2, -0.15) is 0 Å². The normalized spacial score (nSPS) is 12.6. The second kappa shape index (κ2) is 12.9. The molecule has 2 aromatic carbocycles. The van der Waals surface area contributed by atoms with Gasteiger partial charge in [0.2, 0.25) is 15.9 Å². The minimum absolute atomic E-state index is 0.0345. The van der Waals surface area contributed by atoms with Gasteiger partial charge in [0.25, 0.3) is 5.91 Å². The van der Waals surface area contributed by atoms with Gasteiger partial charge in [0.15, 0.2) is 0 Å². The van der Waals surface area contributed by atoms with Crippen LogP contribution in [-0.4, -0.2) is 39.4 Å². The van der Waals surface area contributed by atoms with E-state index in [1.807, 2.05) is 44.2 Å². The largest absolute Gasteiger partial charge is 0.354 e. The molecule has 3 N–H and O–H groups in total. The van der Waals surface area contributed by atoms with Crippen molar-refractivity contribution >= 4 is 66.5 Å². The van der Waals surface area contributed by atoms with E-state index in [9.17, 15) is 18.0 Å². The quantitative estimate of drug-likeness (QED) is 0.260. The lowest BCUT2D eigenvalue weighted by Gasteiger charge is -2.20. The van der Waals surface area contributed by atoms with Gasteiger partial charge in [0.05, 0.1) is 9.90 Å². The third-order valence-corrected chi connectivity index (χ3v) is 8.65. The van der Waals surface area contributed by atoms with Gasteiger partial charge >= 0.3 is 0 Å². The summed E-state index contributed by atoms with van der Waals surface area (Å²) in [5, 5.41) is 7.12. The highest BCUT2D eigenvalue weighted by atomic mass is 35.5. The Hall–Kier alpha value is -2.17. The van der Waals surface area contributed by atoms with E-state index in [1.54, 1.807) is 0 Å². The Morgan fingerprint density at radius 2 is 1.72 bits per heavy atom. The number of hydrogen-bond acceptors (Lipinski definition) is 5. The van der Waals surface area contributed by atoms with Crippen molar-refractivity contribution in [3.63, 3.8) is 0 Å². The molecule has 0 aliphatic carbocycles. The molecule has 0 spiro atoms. The van der Waals surface area contributed by atoms with E-state index in [-0.39, 0.29) is 34.2 Å². The topological polar surface area (TPSA) is 104 Å². The van der Waals surface area contributed by atoms with Crippen molar-refractivity contribution in [1.82, 2.24) is 15.4 Å². The summed E-state index contributed by atoms with van der Waals surface area (Å²) in [6.45, 7) is 4.53. The summed E-state index contributed by atoms with van der Waals surface area (Å²) in [5.41, 5.74) is 0. The monoisotopic (exact) mass is 569 g/mol. The number of carbonyl (C=O) groups excluding carboxylic acids is 2. The molecule has 36 heavy (non-hydrogen) atoms. The van der Waals surface area contributed by atoms with Gasteiger partial charge in [-0.1, -0.05) is 55.2 Å². The van der Waals surface area contributed by atoms with Crippen LogP contribution in [-0.2, 0) is 14.8 Å². The summed E-state index contributed by atoms with van der Waals surface area (Å²) in [6, 6.07) is 13.1. The lowest BCUT2D eigenvalue weighted by Crippen LogP contribution is -2.47. The fraction of sp³-hybridized carbons (Fsp3) is 0.360.